The van der Waals surface area contributed by atoms with Gasteiger partial charge in [0.2, 0.25) is 0 Å². The third-order valence-corrected chi connectivity index (χ3v) is 6.62. The fourth-order valence-corrected chi connectivity index (χ4v) is 4.98. The monoisotopic (exact) mass is 458 g/mol. The van der Waals surface area contributed by atoms with Gasteiger partial charge >= 0.3 is 173 Å². The van der Waals surface area contributed by atoms with Crippen molar-refractivity contribution < 1.29 is 13.2 Å². The number of alkyl halides is 3. The Hall–Kier alpha value is -2.82. The minimum absolute atomic E-state index is 0.0195. The third kappa shape index (κ3) is 4.29. The molecule has 2 nitrogen and oxygen atoms in total. The maximum absolute atomic E-state index is 12.9. The number of aromatic nitrogens is 2. The van der Waals surface area contributed by atoms with Crippen LogP contribution in [0.15, 0.2) is 85.1 Å². The van der Waals surface area contributed by atoms with Crippen molar-refractivity contribution in [3.63, 3.8) is 0 Å². The molecule has 4 aromatic rings. The molecule has 3 aromatic carbocycles. The number of nitrogens with zero attached hydrogens (tertiary/aromatic N) is 2. The molecule has 1 heterocycles. The molecule has 0 aliphatic carbocycles. The molecule has 0 amide bonds. The Balaban J connectivity index is 1.80. The fourth-order valence-electron chi connectivity index (χ4n) is 2.99. The van der Waals surface area contributed by atoms with Gasteiger partial charge in [-0.3, -0.25) is 0 Å². The molecule has 0 fully saturated rings. The zero-order chi connectivity index (χ0) is 20.4. The van der Waals surface area contributed by atoms with Crippen molar-refractivity contribution in [2.24, 2.45) is 0 Å². The van der Waals surface area contributed by atoms with Gasteiger partial charge in [0, 0.05) is 0 Å². The van der Waals surface area contributed by atoms with Gasteiger partial charge in [0.1, 0.15) is 0 Å². The second-order valence-electron chi connectivity index (χ2n) is 6.60. The van der Waals surface area contributed by atoms with Crippen LogP contribution in [0, 0.1) is 6.92 Å². The second-order valence-corrected chi connectivity index (χ2v) is 8.94. The quantitative estimate of drug-likeness (QED) is 0.412. The molecule has 0 saturated carbocycles. The average Bonchev–Trinajstić information content (AvgIpc) is 3.12. The molecule has 0 N–H and O–H groups in total. The number of hydrogen-bond donors (Lipinski definition) is 0. The van der Waals surface area contributed by atoms with Crippen LogP contribution in [-0.2, 0) is 6.18 Å². The van der Waals surface area contributed by atoms with Crippen molar-refractivity contribution in [3.05, 3.63) is 96.2 Å². The SMILES string of the molecule is Cc1ccc(-c2c([Se]c3ccccc3)cnn2-c2ccc(C(F)(F)F)cc2)cc1. The summed E-state index contributed by atoms with van der Waals surface area (Å²) in [5.41, 5.74) is 2.97. The summed E-state index contributed by atoms with van der Waals surface area (Å²) < 4.78 is 42.8. The number of rotatable bonds is 4. The van der Waals surface area contributed by atoms with Gasteiger partial charge in [-0.2, -0.15) is 0 Å². The van der Waals surface area contributed by atoms with E-state index in [9.17, 15) is 13.2 Å². The normalized spacial score (nSPS) is 11.6. The van der Waals surface area contributed by atoms with Crippen LogP contribution in [0.5, 0.6) is 0 Å². The zero-order valence-corrected chi connectivity index (χ0v) is 17.2. The van der Waals surface area contributed by atoms with E-state index in [1.54, 1.807) is 4.68 Å². The molecule has 146 valence electrons. The second kappa shape index (κ2) is 7.90. The zero-order valence-electron chi connectivity index (χ0n) is 15.5. The molecule has 0 unspecified atom stereocenters. The van der Waals surface area contributed by atoms with Gasteiger partial charge in [0.15, 0.2) is 0 Å². The van der Waals surface area contributed by atoms with Gasteiger partial charge in [0.25, 0.3) is 0 Å². The molecule has 0 saturated heterocycles. The van der Waals surface area contributed by atoms with Crippen LogP contribution in [0.3, 0.4) is 0 Å². The van der Waals surface area contributed by atoms with Gasteiger partial charge < -0.3 is 0 Å². The van der Waals surface area contributed by atoms with E-state index in [0.717, 1.165) is 33.4 Å². The first-order valence-corrected chi connectivity index (χ1v) is 10.7. The van der Waals surface area contributed by atoms with Gasteiger partial charge in [-0.15, -0.1) is 0 Å². The van der Waals surface area contributed by atoms with Crippen molar-refractivity contribution in [1.82, 2.24) is 9.78 Å². The Morgan fingerprint density at radius 3 is 2.10 bits per heavy atom. The summed E-state index contributed by atoms with van der Waals surface area (Å²) in [6.45, 7) is 2.02. The molecule has 0 spiro atoms. The summed E-state index contributed by atoms with van der Waals surface area (Å²) in [6, 6.07) is 23.4. The number of benzene rings is 3. The molecule has 6 heteroatoms. The van der Waals surface area contributed by atoms with E-state index in [0.29, 0.717) is 5.69 Å². The minimum atomic E-state index is -4.36. The molecule has 0 atom stereocenters. The predicted molar refractivity (Wildman–Crippen MR) is 110 cm³/mol. The van der Waals surface area contributed by atoms with Gasteiger partial charge in [-0.25, -0.2) is 0 Å². The summed E-state index contributed by atoms with van der Waals surface area (Å²) in [5, 5.41) is 4.52. The average molecular weight is 457 g/mol. The predicted octanol–water partition coefficient (Wildman–Crippen LogP) is 4.52. The Morgan fingerprint density at radius 2 is 1.48 bits per heavy atom. The van der Waals surface area contributed by atoms with Crippen molar-refractivity contribution in [2.75, 3.05) is 0 Å². The van der Waals surface area contributed by atoms with E-state index in [1.807, 2.05) is 55.6 Å². The van der Waals surface area contributed by atoms with Crippen LogP contribution in [0.1, 0.15) is 11.1 Å². The van der Waals surface area contributed by atoms with Crippen molar-refractivity contribution >= 4 is 23.9 Å². The Labute approximate surface area is 173 Å². The summed E-state index contributed by atoms with van der Waals surface area (Å²) in [5.74, 6) is 0. The topological polar surface area (TPSA) is 17.8 Å². The van der Waals surface area contributed by atoms with Crippen LogP contribution in [0.25, 0.3) is 16.9 Å². The summed E-state index contributed by atoms with van der Waals surface area (Å²) in [4.78, 5) is 0. The van der Waals surface area contributed by atoms with E-state index < -0.39 is 11.7 Å². The van der Waals surface area contributed by atoms with Crippen LogP contribution in [0.4, 0.5) is 13.2 Å². The molecule has 0 radical (unpaired) electrons. The molecule has 1 aromatic heterocycles. The van der Waals surface area contributed by atoms with E-state index in [-0.39, 0.29) is 15.0 Å². The molecule has 29 heavy (non-hydrogen) atoms. The van der Waals surface area contributed by atoms with Gasteiger partial charge in [-0.1, -0.05) is 0 Å². The molecule has 4 rings (SSSR count). The van der Waals surface area contributed by atoms with E-state index in [1.165, 1.54) is 16.6 Å². The van der Waals surface area contributed by atoms with Gasteiger partial charge in [-0.05, 0) is 0 Å². The number of hydrogen-bond acceptors (Lipinski definition) is 1. The summed E-state index contributed by atoms with van der Waals surface area (Å²) in [6.07, 6.45) is -2.54. The van der Waals surface area contributed by atoms with E-state index in [4.69, 9.17) is 0 Å². The Morgan fingerprint density at radius 1 is 0.828 bits per heavy atom. The molecular formula is C23H17F3N2Se. The van der Waals surface area contributed by atoms with Crippen molar-refractivity contribution in [3.8, 4) is 16.9 Å². The number of aryl methyl sites for hydroxylation is 1. The Kier molecular flexibility index (Phi) is 5.31. The first-order chi connectivity index (χ1) is 13.9. The number of halogens is 3. The van der Waals surface area contributed by atoms with Crippen LogP contribution in [0.2, 0.25) is 0 Å². The molecule has 0 aliphatic rings. The summed E-state index contributed by atoms with van der Waals surface area (Å²) in [7, 11) is 0. The van der Waals surface area contributed by atoms with E-state index in [2.05, 4.69) is 17.2 Å². The standard InChI is InChI=1S/C23H17F3N2Se/c1-16-7-9-17(10-8-16)22-21(29-20-5-3-2-4-6-20)15-27-28(22)19-13-11-18(12-14-19)23(24,25)26/h2-15H,1H3. The van der Waals surface area contributed by atoms with E-state index >= 15 is 0 Å². The van der Waals surface area contributed by atoms with Gasteiger partial charge in [0.05, 0.1) is 0 Å². The van der Waals surface area contributed by atoms with Crippen molar-refractivity contribution in [1.29, 1.82) is 0 Å². The molecule has 0 aliphatic heterocycles. The molecular weight excluding hydrogens is 440 g/mol. The summed E-state index contributed by atoms with van der Waals surface area (Å²) >= 11 is 0.0195. The third-order valence-electron chi connectivity index (χ3n) is 4.47. The fraction of sp³-hybridized carbons (Fsp3) is 0.0870. The van der Waals surface area contributed by atoms with Crippen molar-refractivity contribution in [2.45, 2.75) is 13.1 Å². The first-order valence-electron chi connectivity index (χ1n) is 8.97. The first kappa shape index (κ1) is 19.5. The van der Waals surface area contributed by atoms with Crippen LogP contribution in [-0.4, -0.2) is 24.7 Å². The molecule has 0 bridgehead atoms. The maximum atomic E-state index is 12.9. The van der Waals surface area contributed by atoms with Crippen LogP contribution < -0.4 is 8.92 Å². The Bertz CT molecular complexity index is 1100. The van der Waals surface area contributed by atoms with Crippen LogP contribution >= 0.6 is 0 Å².